The first kappa shape index (κ1) is 16.4. The van der Waals surface area contributed by atoms with Gasteiger partial charge in [0.1, 0.15) is 5.65 Å². The van der Waals surface area contributed by atoms with Gasteiger partial charge in [-0.25, -0.2) is 9.78 Å². The highest BCUT2D eigenvalue weighted by molar-refractivity contribution is 5.97. The zero-order chi connectivity index (χ0) is 17.4. The first-order chi connectivity index (χ1) is 11.4. The van der Waals surface area contributed by atoms with E-state index in [9.17, 15) is 14.4 Å². The third-order valence-electron chi connectivity index (χ3n) is 4.62. The molecule has 0 unspecified atom stereocenters. The highest BCUT2D eigenvalue weighted by atomic mass is 16.2. The number of aromatic amines is 1. The second-order valence-corrected chi connectivity index (χ2v) is 6.33. The van der Waals surface area contributed by atoms with Crippen LogP contribution in [0.5, 0.6) is 0 Å². The van der Waals surface area contributed by atoms with Gasteiger partial charge < -0.3 is 10.6 Å². The van der Waals surface area contributed by atoms with E-state index in [4.69, 9.17) is 5.73 Å². The molecule has 2 aromatic heterocycles. The average molecular weight is 331 g/mol. The number of carbonyl (C=O) groups excluding carboxylic acids is 1. The Labute approximate surface area is 138 Å². The van der Waals surface area contributed by atoms with E-state index in [1.54, 1.807) is 4.90 Å². The van der Waals surface area contributed by atoms with Gasteiger partial charge in [-0.3, -0.25) is 19.1 Å². The molecule has 0 saturated carbocycles. The summed E-state index contributed by atoms with van der Waals surface area (Å²) in [5.41, 5.74) is 5.53. The van der Waals surface area contributed by atoms with Crippen LogP contribution in [0.25, 0.3) is 11.0 Å². The Morgan fingerprint density at radius 3 is 2.88 bits per heavy atom. The molecule has 1 saturated heterocycles. The molecule has 1 aliphatic heterocycles. The number of aryl methyl sites for hydroxylation is 1. The monoisotopic (exact) mass is 331 g/mol. The first-order valence-corrected chi connectivity index (χ1v) is 8.05. The molecule has 2 atom stereocenters. The minimum atomic E-state index is -0.544. The summed E-state index contributed by atoms with van der Waals surface area (Å²) in [4.78, 5) is 44.7. The van der Waals surface area contributed by atoms with Crippen molar-refractivity contribution in [3.05, 3.63) is 38.7 Å². The second kappa shape index (κ2) is 6.20. The summed E-state index contributed by atoms with van der Waals surface area (Å²) >= 11 is 0. The molecule has 2 aromatic rings. The van der Waals surface area contributed by atoms with Crippen molar-refractivity contribution in [2.75, 3.05) is 6.54 Å². The van der Waals surface area contributed by atoms with Crippen molar-refractivity contribution in [3.8, 4) is 0 Å². The molecule has 3 heterocycles. The number of carbonyl (C=O) groups is 1. The van der Waals surface area contributed by atoms with Crippen LogP contribution in [0.15, 0.2) is 21.9 Å². The lowest BCUT2D eigenvalue weighted by Gasteiger charge is -2.38. The molecular formula is C16H21N5O3. The number of fused-ring (bicyclic) bond motifs is 1. The summed E-state index contributed by atoms with van der Waals surface area (Å²) in [6, 6.07) is 1.36. The normalized spacial score (nSPS) is 19.5. The van der Waals surface area contributed by atoms with Gasteiger partial charge in [0, 0.05) is 31.9 Å². The number of amides is 1. The number of likely N-dealkylation sites (tertiary alicyclic amines) is 1. The number of hydrogen-bond acceptors (Lipinski definition) is 5. The fourth-order valence-electron chi connectivity index (χ4n) is 3.28. The van der Waals surface area contributed by atoms with Crippen LogP contribution >= 0.6 is 0 Å². The van der Waals surface area contributed by atoms with E-state index in [0.717, 1.165) is 19.3 Å². The van der Waals surface area contributed by atoms with Gasteiger partial charge in [0.05, 0.1) is 10.9 Å². The van der Waals surface area contributed by atoms with E-state index in [0.29, 0.717) is 12.1 Å². The number of pyridine rings is 1. The minimum absolute atomic E-state index is 0.0136. The lowest BCUT2D eigenvalue weighted by Crippen LogP contribution is -2.51. The van der Waals surface area contributed by atoms with Crippen LogP contribution in [-0.2, 0) is 7.05 Å². The number of aromatic nitrogens is 3. The van der Waals surface area contributed by atoms with Crippen LogP contribution in [0.2, 0.25) is 0 Å². The lowest BCUT2D eigenvalue weighted by molar-refractivity contribution is 0.0583. The van der Waals surface area contributed by atoms with Crippen LogP contribution in [-0.4, -0.2) is 44.0 Å². The highest BCUT2D eigenvalue weighted by Gasteiger charge is 2.30. The van der Waals surface area contributed by atoms with Crippen molar-refractivity contribution >= 4 is 16.9 Å². The van der Waals surface area contributed by atoms with Gasteiger partial charge in [0.2, 0.25) is 0 Å². The van der Waals surface area contributed by atoms with E-state index >= 15 is 0 Å². The Balaban J connectivity index is 2.04. The smallest absolute Gasteiger partial charge is 0.329 e. The largest absolute Gasteiger partial charge is 0.334 e. The summed E-state index contributed by atoms with van der Waals surface area (Å²) in [6.45, 7) is 2.54. The van der Waals surface area contributed by atoms with E-state index < -0.39 is 11.2 Å². The maximum atomic E-state index is 12.9. The van der Waals surface area contributed by atoms with Crippen molar-refractivity contribution in [2.45, 2.75) is 38.3 Å². The molecule has 3 rings (SSSR count). The molecule has 24 heavy (non-hydrogen) atoms. The number of piperidine rings is 1. The number of nitrogens with one attached hydrogen (secondary N) is 1. The van der Waals surface area contributed by atoms with E-state index in [1.807, 2.05) is 6.92 Å². The third kappa shape index (κ3) is 2.73. The minimum Gasteiger partial charge on any atom is -0.334 e. The van der Waals surface area contributed by atoms with Crippen molar-refractivity contribution in [2.24, 2.45) is 12.8 Å². The third-order valence-corrected chi connectivity index (χ3v) is 4.62. The Morgan fingerprint density at radius 1 is 1.42 bits per heavy atom. The van der Waals surface area contributed by atoms with Crippen molar-refractivity contribution in [1.29, 1.82) is 0 Å². The summed E-state index contributed by atoms with van der Waals surface area (Å²) in [5, 5.41) is 0.220. The molecule has 1 fully saturated rings. The van der Waals surface area contributed by atoms with Crippen LogP contribution in [0.3, 0.4) is 0 Å². The van der Waals surface area contributed by atoms with Gasteiger partial charge >= 0.3 is 5.69 Å². The Kier molecular flexibility index (Phi) is 4.23. The Bertz CT molecular complexity index is 899. The first-order valence-electron chi connectivity index (χ1n) is 8.05. The van der Waals surface area contributed by atoms with Crippen molar-refractivity contribution in [1.82, 2.24) is 19.4 Å². The van der Waals surface area contributed by atoms with Gasteiger partial charge in [-0.2, -0.15) is 0 Å². The maximum absolute atomic E-state index is 12.9. The van der Waals surface area contributed by atoms with Gasteiger partial charge in [0.25, 0.3) is 11.5 Å². The second-order valence-electron chi connectivity index (χ2n) is 6.33. The standard InChI is InChI=1S/C16H21N5O3/c1-9(17)12-5-3-4-6-21(12)15(23)10-7-11-13(18-8-10)20(2)16(24)19-14(11)22/h7-9,12H,3-6,17H2,1-2H3,(H,19,22,24)/t9-,12+/m1/s1. The lowest BCUT2D eigenvalue weighted by atomic mass is 9.96. The molecule has 0 spiro atoms. The van der Waals surface area contributed by atoms with E-state index in [-0.39, 0.29) is 29.0 Å². The quantitative estimate of drug-likeness (QED) is 0.802. The molecule has 0 bridgehead atoms. The van der Waals surface area contributed by atoms with Crippen LogP contribution in [0, 0.1) is 0 Å². The summed E-state index contributed by atoms with van der Waals surface area (Å²) in [7, 11) is 1.52. The highest BCUT2D eigenvalue weighted by Crippen LogP contribution is 2.22. The number of rotatable bonds is 2. The molecule has 0 aliphatic carbocycles. The number of nitrogens with two attached hydrogens (primary N) is 1. The van der Waals surface area contributed by atoms with Crippen LogP contribution in [0.1, 0.15) is 36.5 Å². The van der Waals surface area contributed by atoms with Crippen molar-refractivity contribution in [3.63, 3.8) is 0 Å². The molecule has 8 nitrogen and oxygen atoms in total. The van der Waals surface area contributed by atoms with Crippen LogP contribution < -0.4 is 17.0 Å². The molecular weight excluding hydrogens is 310 g/mol. The van der Waals surface area contributed by atoms with Crippen LogP contribution in [0.4, 0.5) is 0 Å². The zero-order valence-corrected chi connectivity index (χ0v) is 13.8. The Morgan fingerprint density at radius 2 is 2.17 bits per heavy atom. The fraction of sp³-hybridized carbons (Fsp3) is 0.500. The Hall–Kier alpha value is -2.48. The topological polar surface area (TPSA) is 114 Å². The molecule has 1 amide bonds. The SMILES string of the molecule is C[C@@H](N)[C@@H]1CCCCN1C(=O)c1cnc2c(c1)c(=O)[nH]c(=O)n2C. The molecule has 0 radical (unpaired) electrons. The average Bonchev–Trinajstić information content (AvgIpc) is 2.58. The molecule has 0 aromatic carbocycles. The van der Waals surface area contributed by atoms with Gasteiger partial charge in [-0.15, -0.1) is 0 Å². The number of hydrogen-bond donors (Lipinski definition) is 2. The predicted molar refractivity (Wildman–Crippen MR) is 89.9 cm³/mol. The molecule has 8 heteroatoms. The molecule has 1 aliphatic rings. The van der Waals surface area contributed by atoms with Gasteiger partial charge in [0.15, 0.2) is 0 Å². The zero-order valence-electron chi connectivity index (χ0n) is 13.8. The van der Waals surface area contributed by atoms with E-state index in [2.05, 4.69) is 9.97 Å². The predicted octanol–water partition coefficient (Wildman–Crippen LogP) is -0.0363. The number of nitrogens with zero attached hydrogens (tertiary/aromatic N) is 3. The molecule has 3 N–H and O–H groups in total. The summed E-state index contributed by atoms with van der Waals surface area (Å²) in [6.07, 6.45) is 4.27. The summed E-state index contributed by atoms with van der Waals surface area (Å²) < 4.78 is 1.25. The molecule has 128 valence electrons. The summed E-state index contributed by atoms with van der Waals surface area (Å²) in [5.74, 6) is -0.181. The number of H-pyrrole nitrogens is 1. The van der Waals surface area contributed by atoms with Gasteiger partial charge in [-0.1, -0.05) is 0 Å². The fourth-order valence-corrected chi connectivity index (χ4v) is 3.28. The van der Waals surface area contributed by atoms with Crippen molar-refractivity contribution < 1.29 is 4.79 Å². The van der Waals surface area contributed by atoms with Gasteiger partial charge in [-0.05, 0) is 32.3 Å². The van der Waals surface area contributed by atoms with E-state index in [1.165, 1.54) is 23.9 Å². The maximum Gasteiger partial charge on any atom is 0.329 e.